The van der Waals surface area contributed by atoms with Gasteiger partial charge in [-0.25, -0.2) is 8.78 Å². The van der Waals surface area contributed by atoms with Crippen molar-refractivity contribution in [3.05, 3.63) is 41.5 Å². The first-order chi connectivity index (χ1) is 9.81. The highest BCUT2D eigenvalue weighted by Crippen LogP contribution is 2.21. The van der Waals surface area contributed by atoms with Crippen molar-refractivity contribution < 1.29 is 8.78 Å². The van der Waals surface area contributed by atoms with Crippen LogP contribution in [-0.2, 0) is 0 Å². The number of halogens is 2. The highest BCUT2D eigenvalue weighted by molar-refractivity contribution is 5.88. The van der Waals surface area contributed by atoms with Crippen molar-refractivity contribution in [3.63, 3.8) is 0 Å². The van der Waals surface area contributed by atoms with Gasteiger partial charge in [0.25, 0.3) is 0 Å². The molecule has 3 heteroatoms. The molecule has 116 valence electrons. The number of allylic oxidation sites excluding steroid dienone is 1. The van der Waals surface area contributed by atoms with Gasteiger partial charge in [-0.2, -0.15) is 0 Å². The summed E-state index contributed by atoms with van der Waals surface area (Å²) < 4.78 is 25.6. The standard InChI is InChI=1S/C18H25F2N/c1-5-7-17(16-11-9-14(2)10-12-16)21-15(3)8-6-13-18(4,19)20/h7,9-12H,5-6,8,13H2,1-4H3/b17-7-,21-15?. The molecule has 1 nitrogen and oxygen atoms in total. The van der Waals surface area contributed by atoms with E-state index in [0.29, 0.717) is 12.8 Å². The second-order valence-corrected chi connectivity index (χ2v) is 5.63. The molecule has 1 rings (SSSR count). The number of nitrogens with zero attached hydrogens (tertiary/aromatic N) is 1. The fraction of sp³-hybridized carbons (Fsp3) is 0.500. The summed E-state index contributed by atoms with van der Waals surface area (Å²) in [6, 6.07) is 8.21. The summed E-state index contributed by atoms with van der Waals surface area (Å²) >= 11 is 0. The van der Waals surface area contributed by atoms with Gasteiger partial charge in [-0.3, -0.25) is 4.99 Å². The molecule has 0 radical (unpaired) electrons. The van der Waals surface area contributed by atoms with Crippen LogP contribution >= 0.6 is 0 Å². The highest BCUT2D eigenvalue weighted by Gasteiger charge is 2.19. The van der Waals surface area contributed by atoms with E-state index in [9.17, 15) is 8.78 Å². The van der Waals surface area contributed by atoms with E-state index in [0.717, 1.165) is 30.3 Å². The Bertz CT molecular complexity index is 493. The third-order valence-corrected chi connectivity index (χ3v) is 3.21. The molecule has 0 aliphatic heterocycles. The Morgan fingerprint density at radius 1 is 1.24 bits per heavy atom. The van der Waals surface area contributed by atoms with Crippen LogP contribution in [0.15, 0.2) is 35.3 Å². The van der Waals surface area contributed by atoms with Crippen LogP contribution in [0.4, 0.5) is 8.78 Å². The molecular weight excluding hydrogens is 268 g/mol. The minimum absolute atomic E-state index is 0.0861. The van der Waals surface area contributed by atoms with E-state index in [-0.39, 0.29) is 6.42 Å². The predicted octanol–water partition coefficient (Wildman–Crippen LogP) is 6.03. The van der Waals surface area contributed by atoms with E-state index in [1.165, 1.54) is 5.56 Å². The zero-order chi connectivity index (χ0) is 15.9. The van der Waals surface area contributed by atoms with Gasteiger partial charge in [0.1, 0.15) is 0 Å². The van der Waals surface area contributed by atoms with Crippen LogP contribution in [0.1, 0.15) is 57.6 Å². The second kappa shape index (κ2) is 8.06. The van der Waals surface area contributed by atoms with Crippen LogP contribution in [-0.4, -0.2) is 11.6 Å². The van der Waals surface area contributed by atoms with Gasteiger partial charge in [0.15, 0.2) is 0 Å². The Balaban J connectivity index is 2.75. The van der Waals surface area contributed by atoms with E-state index in [4.69, 9.17) is 0 Å². The molecule has 0 heterocycles. The molecule has 0 fully saturated rings. The molecule has 0 spiro atoms. The molecule has 0 saturated carbocycles. The average Bonchev–Trinajstić information content (AvgIpc) is 2.37. The minimum Gasteiger partial charge on any atom is -0.258 e. The largest absolute Gasteiger partial charge is 0.258 e. The van der Waals surface area contributed by atoms with Crippen LogP contribution < -0.4 is 0 Å². The molecule has 0 unspecified atom stereocenters. The Kier molecular flexibility index (Phi) is 6.73. The third-order valence-electron chi connectivity index (χ3n) is 3.21. The molecule has 0 aliphatic carbocycles. The average molecular weight is 293 g/mol. The second-order valence-electron chi connectivity index (χ2n) is 5.63. The number of hydrogen-bond acceptors (Lipinski definition) is 1. The Hall–Kier alpha value is -1.51. The summed E-state index contributed by atoms with van der Waals surface area (Å²) in [6.45, 7) is 6.99. The van der Waals surface area contributed by atoms with Crippen molar-refractivity contribution >= 4 is 11.4 Å². The lowest BCUT2D eigenvalue weighted by atomic mass is 10.1. The molecule has 0 amide bonds. The maximum atomic E-state index is 12.8. The monoisotopic (exact) mass is 293 g/mol. The van der Waals surface area contributed by atoms with Crippen molar-refractivity contribution in [3.8, 4) is 0 Å². The predicted molar refractivity (Wildman–Crippen MR) is 87.0 cm³/mol. The van der Waals surface area contributed by atoms with Gasteiger partial charge >= 0.3 is 0 Å². The first kappa shape index (κ1) is 17.5. The van der Waals surface area contributed by atoms with Gasteiger partial charge in [-0.1, -0.05) is 42.8 Å². The minimum atomic E-state index is -2.58. The molecule has 0 aromatic heterocycles. The van der Waals surface area contributed by atoms with E-state index < -0.39 is 5.92 Å². The van der Waals surface area contributed by atoms with Gasteiger partial charge in [0, 0.05) is 12.1 Å². The maximum absolute atomic E-state index is 12.8. The number of aryl methyl sites for hydroxylation is 1. The Morgan fingerprint density at radius 3 is 2.38 bits per heavy atom. The lowest BCUT2D eigenvalue weighted by Crippen LogP contribution is -2.09. The zero-order valence-corrected chi connectivity index (χ0v) is 13.4. The first-order valence-corrected chi connectivity index (χ1v) is 7.51. The van der Waals surface area contributed by atoms with Crippen molar-refractivity contribution in [1.29, 1.82) is 0 Å². The van der Waals surface area contributed by atoms with Gasteiger partial charge in [0.05, 0.1) is 5.70 Å². The molecule has 0 N–H and O–H groups in total. The van der Waals surface area contributed by atoms with Gasteiger partial charge in [0.2, 0.25) is 5.92 Å². The SMILES string of the molecule is CC/C=C(\N=C(C)CCCC(C)(F)F)c1ccc(C)cc1. The van der Waals surface area contributed by atoms with Gasteiger partial charge in [-0.15, -0.1) is 0 Å². The number of alkyl halides is 2. The van der Waals surface area contributed by atoms with Gasteiger partial charge < -0.3 is 0 Å². The van der Waals surface area contributed by atoms with Crippen molar-refractivity contribution in [2.45, 2.75) is 59.3 Å². The van der Waals surface area contributed by atoms with E-state index in [1.807, 2.05) is 26.0 Å². The summed E-state index contributed by atoms with van der Waals surface area (Å²) in [5.74, 6) is -2.58. The summed E-state index contributed by atoms with van der Waals surface area (Å²) in [6.07, 6.45) is 3.95. The lowest BCUT2D eigenvalue weighted by Gasteiger charge is -2.10. The van der Waals surface area contributed by atoms with E-state index in [1.54, 1.807) is 0 Å². The van der Waals surface area contributed by atoms with Crippen LogP contribution in [0.25, 0.3) is 5.70 Å². The van der Waals surface area contributed by atoms with Crippen LogP contribution in [0.2, 0.25) is 0 Å². The number of benzene rings is 1. The van der Waals surface area contributed by atoms with Crippen molar-refractivity contribution in [1.82, 2.24) is 0 Å². The molecule has 1 aromatic carbocycles. The van der Waals surface area contributed by atoms with Crippen LogP contribution in [0, 0.1) is 6.92 Å². The van der Waals surface area contributed by atoms with E-state index in [2.05, 4.69) is 30.1 Å². The third kappa shape index (κ3) is 7.16. The Labute approximate surface area is 126 Å². The quantitative estimate of drug-likeness (QED) is 0.544. The molecular formula is C18H25F2N. The van der Waals surface area contributed by atoms with E-state index >= 15 is 0 Å². The normalized spacial score (nSPS) is 13.6. The number of aliphatic imine (C=N–C) groups is 1. The summed E-state index contributed by atoms with van der Waals surface area (Å²) in [5.41, 5.74) is 4.11. The highest BCUT2D eigenvalue weighted by atomic mass is 19.3. The first-order valence-electron chi connectivity index (χ1n) is 7.51. The van der Waals surface area contributed by atoms with Crippen LogP contribution in [0.3, 0.4) is 0 Å². The maximum Gasteiger partial charge on any atom is 0.245 e. The Morgan fingerprint density at radius 2 is 1.86 bits per heavy atom. The van der Waals surface area contributed by atoms with Crippen molar-refractivity contribution in [2.24, 2.45) is 4.99 Å². The number of hydrogen-bond donors (Lipinski definition) is 0. The zero-order valence-electron chi connectivity index (χ0n) is 13.4. The molecule has 0 saturated heterocycles. The fourth-order valence-electron chi connectivity index (χ4n) is 2.06. The molecule has 1 aromatic rings. The molecule has 0 aliphatic rings. The molecule has 21 heavy (non-hydrogen) atoms. The topological polar surface area (TPSA) is 12.4 Å². The fourth-order valence-corrected chi connectivity index (χ4v) is 2.06. The summed E-state index contributed by atoms with van der Waals surface area (Å²) in [5, 5.41) is 0. The molecule has 0 atom stereocenters. The van der Waals surface area contributed by atoms with Gasteiger partial charge in [-0.05, 0) is 45.6 Å². The summed E-state index contributed by atoms with van der Waals surface area (Å²) in [7, 11) is 0. The summed E-state index contributed by atoms with van der Waals surface area (Å²) in [4.78, 5) is 4.62. The molecule has 0 bridgehead atoms. The number of rotatable bonds is 7. The van der Waals surface area contributed by atoms with Crippen molar-refractivity contribution in [2.75, 3.05) is 0 Å². The lowest BCUT2D eigenvalue weighted by molar-refractivity contribution is 0.0115. The smallest absolute Gasteiger partial charge is 0.245 e. The van der Waals surface area contributed by atoms with Crippen LogP contribution in [0.5, 0.6) is 0 Å².